The number of carboxylic acid groups (broad SMARTS) is 1. The maximum absolute atomic E-state index is 14.3. The van der Waals surface area contributed by atoms with Crippen LogP contribution in [0.1, 0.15) is 53.6 Å². The van der Waals surface area contributed by atoms with Crippen LogP contribution in [0.5, 0.6) is 5.88 Å². The van der Waals surface area contributed by atoms with Crippen LogP contribution >= 0.6 is 0 Å². The predicted molar refractivity (Wildman–Crippen MR) is 160 cm³/mol. The van der Waals surface area contributed by atoms with Gasteiger partial charge in [-0.05, 0) is 75.3 Å². The summed E-state index contributed by atoms with van der Waals surface area (Å²) in [5, 5.41) is 11.5. The van der Waals surface area contributed by atoms with Crippen molar-refractivity contribution < 1.29 is 41.0 Å². The van der Waals surface area contributed by atoms with E-state index >= 15 is 0 Å². The molecule has 0 spiro atoms. The fourth-order valence-electron chi connectivity index (χ4n) is 6.38. The highest BCUT2D eigenvalue weighted by atomic mass is 32.2. The topological polar surface area (TPSA) is 151 Å². The number of sulfonamides is 1. The zero-order valence-electron chi connectivity index (χ0n) is 25.0. The molecule has 1 aromatic heterocycles. The molecular formula is C31H32F3N5O6S. The summed E-state index contributed by atoms with van der Waals surface area (Å²) in [6.45, 7) is 3.34. The average Bonchev–Trinajstić information content (AvgIpc) is 3.74. The number of aromatic nitrogens is 2. The van der Waals surface area contributed by atoms with E-state index < -0.39 is 58.2 Å². The van der Waals surface area contributed by atoms with Crippen LogP contribution in [-0.2, 0) is 10.0 Å². The van der Waals surface area contributed by atoms with Crippen LogP contribution in [0.15, 0.2) is 53.4 Å². The Morgan fingerprint density at radius 3 is 2.41 bits per heavy atom. The van der Waals surface area contributed by atoms with Crippen LogP contribution in [0, 0.1) is 19.3 Å². The zero-order chi connectivity index (χ0) is 33.0. The normalized spacial score (nSPS) is 23.4. The van der Waals surface area contributed by atoms with Crippen molar-refractivity contribution in [1.29, 1.82) is 0 Å². The summed E-state index contributed by atoms with van der Waals surface area (Å²) in [7, 11) is -4.33. The van der Waals surface area contributed by atoms with Crippen molar-refractivity contribution in [2.45, 2.75) is 75.1 Å². The van der Waals surface area contributed by atoms with Gasteiger partial charge in [-0.2, -0.15) is 18.2 Å². The highest BCUT2D eigenvalue weighted by Crippen LogP contribution is 2.61. The summed E-state index contributed by atoms with van der Waals surface area (Å²) in [6.07, 6.45) is -6.09. The molecule has 11 nitrogen and oxygen atoms in total. The van der Waals surface area contributed by atoms with Gasteiger partial charge in [-0.1, -0.05) is 24.3 Å². The van der Waals surface area contributed by atoms with Crippen LogP contribution < -0.4 is 14.8 Å². The molecule has 2 aromatic carbocycles. The SMILES string of the molecule is Cc1cccc(C)c1-c1cc2nc(n1)NS(=O)(=O)c1cccc(c1)C(=O)N(C1CC(NC(=O)O)C1)[C@H](CC1(C(F)(F)F)CC1)CO2. The van der Waals surface area contributed by atoms with Gasteiger partial charge >= 0.3 is 12.3 Å². The molecule has 0 unspecified atom stereocenters. The summed E-state index contributed by atoms with van der Waals surface area (Å²) >= 11 is 0. The molecule has 0 radical (unpaired) electrons. The monoisotopic (exact) mass is 659 g/mol. The van der Waals surface area contributed by atoms with Gasteiger partial charge in [0.25, 0.3) is 15.9 Å². The number of amides is 2. The van der Waals surface area contributed by atoms with Gasteiger partial charge in [0.1, 0.15) is 6.61 Å². The molecular weight excluding hydrogens is 627 g/mol. The standard InChI is InChI=1S/C31H32F3N5O6S/c1-17-5-3-6-18(2)26(17)24-14-25-37-28(36-24)38-46(43,44)23-8-4-7-19(11-23)27(40)39(21-12-20(13-21)35-29(41)42)22(16-45-25)15-30(9-10-30)31(32,33)34/h3-8,11,14,20-22,35H,9-10,12-13,15-16H2,1-2H3,(H,41,42)(H,36,37,38)/t20?,21?,22-/m1/s1. The number of ether oxygens (including phenoxy) is 1. The van der Waals surface area contributed by atoms with Crippen molar-refractivity contribution in [2.24, 2.45) is 5.41 Å². The van der Waals surface area contributed by atoms with Crippen molar-refractivity contribution in [1.82, 2.24) is 20.2 Å². The number of hydrogen-bond donors (Lipinski definition) is 3. The quantitative estimate of drug-likeness (QED) is 0.334. The molecule has 3 N–H and O–H groups in total. The Hall–Kier alpha value is -4.40. The second-order valence-corrected chi connectivity index (χ2v) is 13.9. The molecule has 3 aliphatic rings. The number of carbonyl (C=O) groups excluding carboxylic acids is 1. The summed E-state index contributed by atoms with van der Waals surface area (Å²) in [6, 6.07) is 10.0. The lowest BCUT2D eigenvalue weighted by Crippen LogP contribution is -2.59. The smallest absolute Gasteiger partial charge is 0.404 e. The van der Waals surface area contributed by atoms with Gasteiger partial charge in [0.2, 0.25) is 11.8 Å². The molecule has 3 aromatic rings. The molecule has 244 valence electrons. The molecule has 2 fully saturated rings. The molecule has 1 aliphatic heterocycles. The molecule has 2 heterocycles. The second kappa shape index (κ2) is 11.4. The fraction of sp³-hybridized carbons (Fsp3) is 0.419. The highest BCUT2D eigenvalue weighted by molar-refractivity contribution is 7.92. The lowest BCUT2D eigenvalue weighted by molar-refractivity contribution is -0.193. The summed E-state index contributed by atoms with van der Waals surface area (Å²) in [5.41, 5.74) is 0.658. The first-order chi connectivity index (χ1) is 21.7. The molecule has 1 atom stereocenters. The molecule has 46 heavy (non-hydrogen) atoms. The van der Waals surface area contributed by atoms with Gasteiger partial charge < -0.3 is 20.1 Å². The lowest BCUT2D eigenvalue weighted by atomic mass is 9.83. The number of fused-ring (bicyclic) bond motifs is 4. The molecule has 2 aliphatic carbocycles. The van der Waals surface area contributed by atoms with Gasteiger partial charge in [-0.25, -0.2) is 22.9 Å². The van der Waals surface area contributed by atoms with Crippen LogP contribution in [0.3, 0.4) is 0 Å². The van der Waals surface area contributed by atoms with E-state index in [2.05, 4.69) is 20.0 Å². The third-order valence-corrected chi connectivity index (χ3v) is 10.3. The van der Waals surface area contributed by atoms with Crippen molar-refractivity contribution in [3.63, 3.8) is 0 Å². The molecule has 2 amide bonds. The van der Waals surface area contributed by atoms with Gasteiger partial charge in [0, 0.05) is 29.3 Å². The first-order valence-corrected chi connectivity index (χ1v) is 16.2. The number of alkyl halides is 3. The van der Waals surface area contributed by atoms with E-state index in [1.165, 1.54) is 29.2 Å². The first-order valence-electron chi connectivity index (χ1n) is 14.8. The van der Waals surface area contributed by atoms with E-state index in [0.717, 1.165) is 17.2 Å². The number of benzene rings is 2. The Kier molecular flexibility index (Phi) is 7.85. The minimum Gasteiger partial charge on any atom is -0.475 e. The fourth-order valence-corrected chi connectivity index (χ4v) is 7.37. The maximum Gasteiger partial charge on any atom is 0.404 e. The predicted octanol–water partition coefficient (Wildman–Crippen LogP) is 5.30. The molecule has 6 rings (SSSR count). The van der Waals surface area contributed by atoms with E-state index in [4.69, 9.17) is 4.74 Å². The number of halogens is 3. The van der Waals surface area contributed by atoms with Crippen molar-refractivity contribution in [3.8, 4) is 17.1 Å². The number of nitrogens with zero attached hydrogens (tertiary/aromatic N) is 3. The molecule has 15 heteroatoms. The molecule has 2 saturated carbocycles. The summed E-state index contributed by atoms with van der Waals surface area (Å²) in [5.74, 6) is -1.09. The van der Waals surface area contributed by atoms with Crippen molar-refractivity contribution >= 4 is 28.0 Å². The Bertz CT molecular complexity index is 1790. The van der Waals surface area contributed by atoms with Gasteiger partial charge in [-0.3, -0.25) is 4.79 Å². The van der Waals surface area contributed by atoms with Crippen molar-refractivity contribution in [3.05, 3.63) is 65.2 Å². The van der Waals surface area contributed by atoms with E-state index in [1.54, 1.807) is 0 Å². The minimum absolute atomic E-state index is 0.0533. The van der Waals surface area contributed by atoms with Crippen LogP contribution in [-0.4, -0.2) is 71.3 Å². The third kappa shape index (κ3) is 6.07. The number of carbonyl (C=O) groups is 2. The largest absolute Gasteiger partial charge is 0.475 e. The third-order valence-electron chi connectivity index (χ3n) is 9.02. The first kappa shape index (κ1) is 31.6. The number of rotatable bonds is 5. The maximum atomic E-state index is 14.3. The van der Waals surface area contributed by atoms with E-state index in [0.29, 0.717) is 11.3 Å². The summed E-state index contributed by atoms with van der Waals surface area (Å²) < 4.78 is 78.4. The zero-order valence-corrected chi connectivity index (χ0v) is 25.8. The van der Waals surface area contributed by atoms with E-state index in [1.807, 2.05) is 32.0 Å². The highest BCUT2D eigenvalue weighted by Gasteiger charge is 2.64. The van der Waals surface area contributed by atoms with Crippen LogP contribution in [0.4, 0.5) is 23.9 Å². The number of anilines is 1. The molecule has 4 bridgehead atoms. The van der Waals surface area contributed by atoms with Gasteiger partial charge in [-0.15, -0.1) is 0 Å². The Balaban J connectivity index is 1.48. The van der Waals surface area contributed by atoms with Crippen LogP contribution in [0.25, 0.3) is 11.3 Å². The van der Waals surface area contributed by atoms with Gasteiger partial charge in [0.15, 0.2) is 0 Å². The minimum atomic E-state index is -4.52. The summed E-state index contributed by atoms with van der Waals surface area (Å²) in [4.78, 5) is 35.1. The Labute approximate surface area is 263 Å². The van der Waals surface area contributed by atoms with Crippen LogP contribution in [0.2, 0.25) is 0 Å². The Morgan fingerprint density at radius 2 is 1.78 bits per heavy atom. The average molecular weight is 660 g/mol. The Morgan fingerprint density at radius 1 is 1.11 bits per heavy atom. The van der Waals surface area contributed by atoms with Gasteiger partial charge in [0.05, 0.1) is 22.0 Å². The van der Waals surface area contributed by atoms with E-state index in [-0.39, 0.29) is 54.6 Å². The molecule has 0 saturated heterocycles. The number of aryl methyl sites for hydroxylation is 2. The number of nitrogens with one attached hydrogen (secondary N) is 2. The lowest BCUT2D eigenvalue weighted by Gasteiger charge is -2.47. The van der Waals surface area contributed by atoms with E-state index in [9.17, 15) is 36.3 Å². The second-order valence-electron chi connectivity index (χ2n) is 12.2. The van der Waals surface area contributed by atoms with Crippen molar-refractivity contribution in [2.75, 3.05) is 11.3 Å². The number of hydrogen-bond acceptors (Lipinski definition) is 7.